The van der Waals surface area contributed by atoms with Crippen molar-refractivity contribution in [1.82, 2.24) is 4.90 Å². The normalized spacial score (nSPS) is 9.94. The fourth-order valence-electron chi connectivity index (χ4n) is 1.53. The molecule has 1 aromatic carbocycles. The highest BCUT2D eigenvalue weighted by Crippen LogP contribution is 2.20. The second kappa shape index (κ2) is 5.39. The predicted molar refractivity (Wildman–Crippen MR) is 64.7 cm³/mol. The van der Waals surface area contributed by atoms with Gasteiger partial charge in [0.1, 0.15) is 5.75 Å². The molecule has 2 N–H and O–H groups in total. The summed E-state index contributed by atoms with van der Waals surface area (Å²) in [7, 11) is 1.57. The van der Waals surface area contributed by atoms with Gasteiger partial charge in [-0.05, 0) is 32.0 Å². The summed E-state index contributed by atoms with van der Waals surface area (Å²) < 4.78 is 5.08. The van der Waals surface area contributed by atoms with Crippen LogP contribution in [-0.2, 0) is 0 Å². The number of ether oxygens (including phenoxy) is 1. The highest BCUT2D eigenvalue weighted by atomic mass is 16.5. The van der Waals surface area contributed by atoms with E-state index in [-0.39, 0.29) is 5.91 Å². The zero-order chi connectivity index (χ0) is 12.1. The summed E-state index contributed by atoms with van der Waals surface area (Å²) in [5, 5.41) is 0. The van der Waals surface area contributed by atoms with Crippen LogP contribution < -0.4 is 10.5 Å². The molecule has 0 aliphatic heterocycles. The van der Waals surface area contributed by atoms with Crippen LogP contribution in [0.2, 0.25) is 0 Å². The van der Waals surface area contributed by atoms with Gasteiger partial charge in [0, 0.05) is 18.8 Å². The molecule has 0 aliphatic rings. The van der Waals surface area contributed by atoms with E-state index in [0.717, 1.165) is 0 Å². The van der Waals surface area contributed by atoms with Crippen LogP contribution in [0.5, 0.6) is 5.75 Å². The number of amides is 1. The molecule has 0 unspecified atom stereocenters. The molecular formula is C12H18N2O2. The van der Waals surface area contributed by atoms with Crippen molar-refractivity contribution in [2.45, 2.75) is 13.8 Å². The first-order valence-corrected chi connectivity index (χ1v) is 5.36. The molecule has 0 saturated carbocycles. The maximum atomic E-state index is 12.1. The third-order valence-electron chi connectivity index (χ3n) is 2.54. The Morgan fingerprint density at radius 2 is 2.00 bits per heavy atom. The van der Waals surface area contributed by atoms with Crippen molar-refractivity contribution in [2.75, 3.05) is 25.9 Å². The Labute approximate surface area is 96.0 Å². The zero-order valence-corrected chi connectivity index (χ0v) is 9.99. The van der Waals surface area contributed by atoms with Crippen LogP contribution >= 0.6 is 0 Å². The highest BCUT2D eigenvalue weighted by Gasteiger charge is 2.15. The number of methoxy groups -OCH3 is 1. The Hall–Kier alpha value is -1.71. The lowest BCUT2D eigenvalue weighted by Gasteiger charge is -2.19. The molecule has 0 aliphatic carbocycles. The molecule has 1 aromatic rings. The largest absolute Gasteiger partial charge is 0.497 e. The SMILES string of the molecule is CCN(CC)C(=O)c1cc(OC)ccc1N. The van der Waals surface area contributed by atoms with Crippen LogP contribution in [0.15, 0.2) is 18.2 Å². The van der Waals surface area contributed by atoms with E-state index in [2.05, 4.69) is 0 Å². The van der Waals surface area contributed by atoms with Crippen LogP contribution in [0.4, 0.5) is 5.69 Å². The van der Waals surface area contributed by atoms with Crippen molar-refractivity contribution >= 4 is 11.6 Å². The molecule has 0 atom stereocenters. The molecule has 0 spiro atoms. The zero-order valence-electron chi connectivity index (χ0n) is 9.99. The van der Waals surface area contributed by atoms with Crippen LogP contribution in [0.25, 0.3) is 0 Å². The molecule has 0 saturated heterocycles. The lowest BCUT2D eigenvalue weighted by atomic mass is 10.1. The van der Waals surface area contributed by atoms with E-state index in [4.69, 9.17) is 10.5 Å². The minimum atomic E-state index is -0.0543. The maximum absolute atomic E-state index is 12.1. The molecule has 4 nitrogen and oxygen atoms in total. The van der Waals surface area contributed by atoms with Gasteiger partial charge in [-0.15, -0.1) is 0 Å². The molecule has 88 valence electrons. The standard InChI is InChI=1S/C12H18N2O2/c1-4-14(5-2)12(15)10-8-9(16-3)6-7-11(10)13/h6-8H,4-5,13H2,1-3H3. The van der Waals surface area contributed by atoms with Crippen molar-refractivity contribution in [3.05, 3.63) is 23.8 Å². The fraction of sp³-hybridized carbons (Fsp3) is 0.417. The second-order valence-corrected chi connectivity index (χ2v) is 3.43. The molecule has 16 heavy (non-hydrogen) atoms. The molecule has 0 bridgehead atoms. The van der Waals surface area contributed by atoms with Crippen LogP contribution in [0.3, 0.4) is 0 Å². The van der Waals surface area contributed by atoms with Crippen LogP contribution in [-0.4, -0.2) is 31.0 Å². The number of carbonyl (C=O) groups excluding carboxylic acids is 1. The second-order valence-electron chi connectivity index (χ2n) is 3.43. The average molecular weight is 222 g/mol. The Morgan fingerprint density at radius 1 is 1.38 bits per heavy atom. The van der Waals surface area contributed by atoms with Crippen molar-refractivity contribution in [1.29, 1.82) is 0 Å². The third-order valence-corrected chi connectivity index (χ3v) is 2.54. The molecule has 4 heteroatoms. The van der Waals surface area contributed by atoms with Crippen LogP contribution in [0, 0.1) is 0 Å². The molecule has 0 aromatic heterocycles. The number of carbonyl (C=O) groups is 1. The van der Waals surface area contributed by atoms with Crippen molar-refractivity contribution in [2.24, 2.45) is 0 Å². The molecular weight excluding hydrogens is 204 g/mol. The van der Waals surface area contributed by atoms with Gasteiger partial charge < -0.3 is 15.4 Å². The number of rotatable bonds is 4. The van der Waals surface area contributed by atoms with E-state index in [1.54, 1.807) is 30.2 Å². The Balaban J connectivity index is 3.06. The number of hydrogen-bond donors (Lipinski definition) is 1. The molecule has 0 radical (unpaired) electrons. The van der Waals surface area contributed by atoms with E-state index in [0.29, 0.717) is 30.1 Å². The quantitative estimate of drug-likeness (QED) is 0.790. The van der Waals surface area contributed by atoms with E-state index in [9.17, 15) is 4.79 Å². The number of nitrogens with zero attached hydrogens (tertiary/aromatic N) is 1. The fourth-order valence-corrected chi connectivity index (χ4v) is 1.53. The number of benzene rings is 1. The van der Waals surface area contributed by atoms with Gasteiger partial charge in [0.25, 0.3) is 5.91 Å². The van der Waals surface area contributed by atoms with E-state index in [1.165, 1.54) is 0 Å². The molecule has 0 fully saturated rings. The third kappa shape index (κ3) is 2.45. The van der Waals surface area contributed by atoms with Gasteiger partial charge in [0.2, 0.25) is 0 Å². The summed E-state index contributed by atoms with van der Waals surface area (Å²) in [4.78, 5) is 13.8. The number of nitrogens with two attached hydrogens (primary N) is 1. The summed E-state index contributed by atoms with van der Waals surface area (Å²) in [6.07, 6.45) is 0. The van der Waals surface area contributed by atoms with Gasteiger partial charge in [-0.3, -0.25) is 4.79 Å². The predicted octanol–water partition coefficient (Wildman–Crippen LogP) is 1.76. The van der Waals surface area contributed by atoms with Crippen molar-refractivity contribution in [3.63, 3.8) is 0 Å². The first-order valence-electron chi connectivity index (χ1n) is 5.36. The van der Waals surface area contributed by atoms with Gasteiger partial charge >= 0.3 is 0 Å². The van der Waals surface area contributed by atoms with Gasteiger partial charge in [-0.25, -0.2) is 0 Å². The summed E-state index contributed by atoms with van der Waals surface area (Å²) >= 11 is 0. The lowest BCUT2D eigenvalue weighted by Crippen LogP contribution is -2.31. The summed E-state index contributed by atoms with van der Waals surface area (Å²) in [5.74, 6) is 0.589. The Bertz CT molecular complexity index is 373. The number of nitrogen functional groups attached to an aromatic ring is 1. The first kappa shape index (κ1) is 12.4. The monoisotopic (exact) mass is 222 g/mol. The van der Waals surface area contributed by atoms with Gasteiger partial charge in [0.05, 0.1) is 12.7 Å². The molecule has 1 rings (SSSR count). The lowest BCUT2D eigenvalue weighted by molar-refractivity contribution is 0.0773. The number of hydrogen-bond acceptors (Lipinski definition) is 3. The number of anilines is 1. The topological polar surface area (TPSA) is 55.6 Å². The van der Waals surface area contributed by atoms with Crippen LogP contribution in [0.1, 0.15) is 24.2 Å². The molecule has 1 amide bonds. The van der Waals surface area contributed by atoms with Gasteiger partial charge in [0.15, 0.2) is 0 Å². The molecule has 0 heterocycles. The summed E-state index contributed by atoms with van der Waals surface area (Å²) in [5.41, 5.74) is 6.78. The van der Waals surface area contributed by atoms with E-state index in [1.807, 2.05) is 13.8 Å². The van der Waals surface area contributed by atoms with Gasteiger partial charge in [-0.1, -0.05) is 0 Å². The first-order chi connectivity index (χ1) is 7.63. The van der Waals surface area contributed by atoms with Crippen molar-refractivity contribution in [3.8, 4) is 5.75 Å². The van der Waals surface area contributed by atoms with E-state index >= 15 is 0 Å². The highest BCUT2D eigenvalue weighted by molar-refractivity contribution is 5.99. The van der Waals surface area contributed by atoms with Crippen molar-refractivity contribution < 1.29 is 9.53 Å². The smallest absolute Gasteiger partial charge is 0.256 e. The summed E-state index contributed by atoms with van der Waals surface area (Å²) in [6.45, 7) is 5.23. The average Bonchev–Trinajstić information content (AvgIpc) is 2.31. The summed E-state index contributed by atoms with van der Waals surface area (Å²) in [6, 6.07) is 5.11. The Morgan fingerprint density at radius 3 is 2.50 bits per heavy atom. The minimum absolute atomic E-state index is 0.0543. The minimum Gasteiger partial charge on any atom is -0.497 e. The van der Waals surface area contributed by atoms with Gasteiger partial charge in [-0.2, -0.15) is 0 Å². The van der Waals surface area contributed by atoms with E-state index < -0.39 is 0 Å². The maximum Gasteiger partial charge on any atom is 0.256 e. The Kier molecular flexibility index (Phi) is 4.17.